The first-order valence-corrected chi connectivity index (χ1v) is 30.2. The predicted molar refractivity (Wildman–Crippen MR) is 298 cm³/mol. The van der Waals surface area contributed by atoms with E-state index in [9.17, 15) is 9.59 Å². The smallest absolute Gasteiger partial charge is 0.306 e. The summed E-state index contributed by atoms with van der Waals surface area (Å²) in [5.74, 6) is -0.401. The van der Waals surface area contributed by atoms with E-state index in [1.807, 2.05) is 0 Å². The summed E-state index contributed by atoms with van der Waals surface area (Å²) in [7, 11) is 0. The van der Waals surface area contributed by atoms with Crippen LogP contribution in [0, 0.1) is 0 Å². The molecule has 0 saturated heterocycles. The number of allylic oxidation sites excluding steroid dienone is 8. The van der Waals surface area contributed by atoms with Crippen molar-refractivity contribution in [1.29, 1.82) is 0 Å². The van der Waals surface area contributed by atoms with Crippen LogP contribution in [0.5, 0.6) is 0 Å². The Morgan fingerprint density at radius 3 is 1.00 bits per heavy atom. The summed E-state index contributed by atoms with van der Waals surface area (Å²) in [5.41, 5.74) is 0. The first-order chi connectivity index (χ1) is 33.6. The Labute approximate surface area is 424 Å². The lowest BCUT2D eigenvalue weighted by Gasteiger charge is -2.18. The third kappa shape index (κ3) is 56.4. The molecule has 0 saturated carbocycles. The van der Waals surface area contributed by atoms with E-state index in [-0.39, 0.29) is 25.2 Å². The van der Waals surface area contributed by atoms with Gasteiger partial charge in [0.05, 0.1) is 6.61 Å². The van der Waals surface area contributed by atoms with Crippen molar-refractivity contribution >= 4 is 11.9 Å². The Morgan fingerprint density at radius 2 is 0.618 bits per heavy atom. The minimum Gasteiger partial charge on any atom is -0.462 e. The van der Waals surface area contributed by atoms with Crippen molar-refractivity contribution in [3.63, 3.8) is 0 Å². The number of hydrogen-bond acceptors (Lipinski definition) is 5. The molecule has 68 heavy (non-hydrogen) atoms. The van der Waals surface area contributed by atoms with Crippen LogP contribution in [0.25, 0.3) is 0 Å². The van der Waals surface area contributed by atoms with Gasteiger partial charge in [-0.3, -0.25) is 9.59 Å². The number of ether oxygens (including phenoxy) is 3. The molecule has 0 aromatic rings. The second kappa shape index (κ2) is 59.2. The van der Waals surface area contributed by atoms with Gasteiger partial charge in [-0.1, -0.05) is 268 Å². The Balaban J connectivity index is 4.25. The average molecular weight is 954 g/mol. The summed E-state index contributed by atoms with van der Waals surface area (Å²) < 4.78 is 17.5. The topological polar surface area (TPSA) is 61.8 Å². The van der Waals surface area contributed by atoms with Gasteiger partial charge in [-0.25, -0.2) is 0 Å². The lowest BCUT2D eigenvalue weighted by molar-refractivity contribution is -0.163. The van der Waals surface area contributed by atoms with Crippen molar-refractivity contribution in [3.05, 3.63) is 48.6 Å². The largest absolute Gasteiger partial charge is 0.462 e. The SMILES string of the molecule is CCCCC/C=C\C/C=C\CCCCCCCCCCCC(=O)OCC(COCCCCCCCCCCCCCCCCCCCC)OC(=O)CCCCCCC/C=C\C/C=C\CCCCC. The second-order valence-electron chi connectivity index (χ2n) is 20.3. The molecule has 0 amide bonds. The van der Waals surface area contributed by atoms with Crippen LogP contribution in [0.4, 0.5) is 0 Å². The summed E-state index contributed by atoms with van der Waals surface area (Å²) in [5, 5.41) is 0. The van der Waals surface area contributed by atoms with Gasteiger partial charge in [0.15, 0.2) is 6.10 Å². The minimum atomic E-state index is -0.543. The Morgan fingerprint density at radius 1 is 0.324 bits per heavy atom. The fraction of sp³-hybridized carbons (Fsp3) is 0.841. The fourth-order valence-corrected chi connectivity index (χ4v) is 8.81. The lowest BCUT2D eigenvalue weighted by Crippen LogP contribution is -2.30. The number of carbonyl (C=O) groups excluding carboxylic acids is 2. The first kappa shape index (κ1) is 65.9. The van der Waals surface area contributed by atoms with Gasteiger partial charge in [-0.15, -0.1) is 0 Å². The second-order valence-corrected chi connectivity index (χ2v) is 20.3. The third-order valence-corrected chi connectivity index (χ3v) is 13.3. The van der Waals surface area contributed by atoms with Crippen LogP contribution >= 0.6 is 0 Å². The van der Waals surface area contributed by atoms with Gasteiger partial charge in [0.2, 0.25) is 0 Å². The standard InChI is InChI=1S/C63H116O5/c1-4-7-10-13-16-19-22-25-28-30-32-33-36-38-41-44-47-50-53-56-62(64)67-60-61(68-63(65)57-54-51-48-45-42-39-35-27-24-21-18-15-12-9-6-3)59-66-58-55-52-49-46-43-40-37-34-31-29-26-23-20-17-14-11-8-5-2/h16,18-19,21,25,27-28,35,61H,4-15,17,20,22-24,26,29-34,36-60H2,1-3H3/b19-16-,21-18-,28-25-,35-27-. The van der Waals surface area contributed by atoms with Gasteiger partial charge in [0, 0.05) is 19.4 Å². The molecule has 1 unspecified atom stereocenters. The zero-order valence-electron chi connectivity index (χ0n) is 45.9. The van der Waals surface area contributed by atoms with Crippen molar-refractivity contribution < 1.29 is 23.8 Å². The highest BCUT2D eigenvalue weighted by Crippen LogP contribution is 2.16. The van der Waals surface area contributed by atoms with Crippen molar-refractivity contribution in [2.75, 3.05) is 19.8 Å². The van der Waals surface area contributed by atoms with Crippen molar-refractivity contribution in [3.8, 4) is 0 Å². The van der Waals surface area contributed by atoms with Gasteiger partial charge in [0.1, 0.15) is 6.61 Å². The van der Waals surface area contributed by atoms with Crippen LogP contribution in [0.2, 0.25) is 0 Å². The van der Waals surface area contributed by atoms with Gasteiger partial charge in [-0.2, -0.15) is 0 Å². The molecule has 0 bridgehead atoms. The highest BCUT2D eigenvalue weighted by Gasteiger charge is 2.17. The maximum atomic E-state index is 12.9. The number of unbranched alkanes of at least 4 members (excludes halogenated alkanes) is 37. The van der Waals surface area contributed by atoms with E-state index in [0.29, 0.717) is 19.4 Å². The molecule has 0 N–H and O–H groups in total. The normalized spacial score (nSPS) is 12.5. The highest BCUT2D eigenvalue weighted by atomic mass is 16.6. The van der Waals surface area contributed by atoms with Crippen LogP contribution in [0.3, 0.4) is 0 Å². The highest BCUT2D eigenvalue weighted by molar-refractivity contribution is 5.70. The van der Waals surface area contributed by atoms with Crippen molar-refractivity contribution in [1.82, 2.24) is 0 Å². The van der Waals surface area contributed by atoms with Gasteiger partial charge in [-0.05, 0) is 83.5 Å². The number of hydrogen-bond donors (Lipinski definition) is 0. The van der Waals surface area contributed by atoms with Crippen molar-refractivity contribution in [2.24, 2.45) is 0 Å². The molecule has 0 rings (SSSR count). The molecule has 0 aliphatic heterocycles. The Hall–Kier alpha value is -2.14. The molecule has 0 radical (unpaired) electrons. The summed E-state index contributed by atoms with van der Waals surface area (Å²) >= 11 is 0. The molecule has 0 fully saturated rings. The number of carbonyl (C=O) groups is 2. The van der Waals surface area contributed by atoms with Gasteiger partial charge in [0.25, 0.3) is 0 Å². The zero-order valence-corrected chi connectivity index (χ0v) is 45.9. The van der Waals surface area contributed by atoms with Gasteiger partial charge < -0.3 is 14.2 Å². The van der Waals surface area contributed by atoms with E-state index in [0.717, 1.165) is 57.8 Å². The summed E-state index contributed by atoms with van der Waals surface area (Å²) in [6.07, 6.45) is 74.2. The molecule has 0 heterocycles. The quantitative estimate of drug-likeness (QED) is 0.0345. The van der Waals surface area contributed by atoms with Gasteiger partial charge >= 0.3 is 11.9 Å². The van der Waals surface area contributed by atoms with E-state index < -0.39 is 6.10 Å². The van der Waals surface area contributed by atoms with Crippen LogP contribution < -0.4 is 0 Å². The van der Waals surface area contributed by atoms with E-state index in [1.165, 1.54) is 225 Å². The van der Waals surface area contributed by atoms with E-state index in [4.69, 9.17) is 14.2 Å². The number of rotatable bonds is 56. The van der Waals surface area contributed by atoms with Crippen LogP contribution in [-0.2, 0) is 23.8 Å². The Kier molecular flexibility index (Phi) is 57.3. The third-order valence-electron chi connectivity index (χ3n) is 13.3. The zero-order chi connectivity index (χ0) is 49.2. The van der Waals surface area contributed by atoms with Crippen LogP contribution in [0.15, 0.2) is 48.6 Å². The molecule has 398 valence electrons. The van der Waals surface area contributed by atoms with Crippen LogP contribution in [-0.4, -0.2) is 37.9 Å². The number of esters is 2. The molecule has 5 nitrogen and oxygen atoms in total. The minimum absolute atomic E-state index is 0.0812. The molecule has 0 aromatic carbocycles. The fourth-order valence-electron chi connectivity index (χ4n) is 8.81. The summed E-state index contributed by atoms with van der Waals surface area (Å²) in [6, 6.07) is 0. The lowest BCUT2D eigenvalue weighted by atomic mass is 10.0. The maximum absolute atomic E-state index is 12.9. The molecule has 0 aliphatic carbocycles. The average Bonchev–Trinajstić information content (AvgIpc) is 3.34. The van der Waals surface area contributed by atoms with Crippen molar-refractivity contribution in [2.45, 2.75) is 322 Å². The first-order valence-electron chi connectivity index (χ1n) is 30.2. The summed E-state index contributed by atoms with van der Waals surface area (Å²) in [4.78, 5) is 25.5. The Bertz CT molecular complexity index is 1120. The molecule has 0 aliphatic rings. The maximum Gasteiger partial charge on any atom is 0.306 e. The van der Waals surface area contributed by atoms with E-state index >= 15 is 0 Å². The molecular weight excluding hydrogens is 837 g/mol. The summed E-state index contributed by atoms with van der Waals surface area (Å²) in [6.45, 7) is 7.82. The molecule has 0 spiro atoms. The molecular formula is C63H116O5. The molecule has 5 heteroatoms. The van der Waals surface area contributed by atoms with E-state index in [1.54, 1.807) is 0 Å². The monoisotopic (exact) mass is 953 g/mol. The molecule has 0 aromatic heterocycles. The molecule has 1 atom stereocenters. The van der Waals surface area contributed by atoms with Crippen LogP contribution in [0.1, 0.15) is 316 Å². The predicted octanol–water partition coefficient (Wildman–Crippen LogP) is 20.7. The van der Waals surface area contributed by atoms with E-state index in [2.05, 4.69) is 69.4 Å².